The molecule has 1 aliphatic heterocycles. The molecule has 8 bridgehead atoms. The molecule has 0 amide bonds. The highest BCUT2D eigenvalue weighted by Gasteiger charge is 2.18. The first-order chi connectivity index (χ1) is 24.7. The van der Waals surface area contributed by atoms with Crippen LogP contribution in [0.3, 0.4) is 0 Å². The smallest absolute Gasteiger partial charge is 0.328 e. The number of nitrogens with zero attached hydrogens (tertiary/aromatic N) is 4. The Kier molecular flexibility index (Phi) is 8.92. The van der Waals surface area contributed by atoms with E-state index in [2.05, 4.69) is 61.5 Å². The topological polar surface area (TPSA) is 107 Å². The second-order valence-electron chi connectivity index (χ2n) is 14.8. The maximum Gasteiger partial charge on any atom is 0.328 e. The molecular formula is C42H40N4O6. The standard InChI is InChI=1S/C42H40N4O6/c1-25-17-31-21-32(18-25)48-36-24-38(46-40(44-36)52-30-15-11-28(12-16-30)42(6,7)8)50-34-20-26(2)19-33(22-34)49-37-23-35(47-31)43-39(45-37)51-29-13-9-27(10-14-29)41(3,4)5/h9-24H,1-8H3. The van der Waals surface area contributed by atoms with Gasteiger partial charge in [0, 0.05) is 12.1 Å². The van der Waals surface area contributed by atoms with E-state index in [1.807, 2.05) is 86.6 Å². The van der Waals surface area contributed by atoms with Gasteiger partial charge in [-0.25, -0.2) is 0 Å². The Morgan fingerprint density at radius 2 is 0.692 bits per heavy atom. The fourth-order valence-corrected chi connectivity index (χ4v) is 5.47. The van der Waals surface area contributed by atoms with Crippen LogP contribution in [0.25, 0.3) is 0 Å². The van der Waals surface area contributed by atoms with E-state index in [4.69, 9.17) is 28.4 Å². The lowest BCUT2D eigenvalue weighted by atomic mass is 9.87. The van der Waals surface area contributed by atoms with E-state index in [1.54, 1.807) is 24.3 Å². The largest absolute Gasteiger partial charge is 0.439 e. The third-order valence-corrected chi connectivity index (χ3v) is 8.11. The number of benzene rings is 4. The lowest BCUT2D eigenvalue weighted by molar-refractivity contribution is 0.377. The van der Waals surface area contributed by atoms with Gasteiger partial charge in [0.15, 0.2) is 0 Å². The van der Waals surface area contributed by atoms with Crippen LogP contribution < -0.4 is 28.4 Å². The molecule has 2 aromatic heterocycles. The lowest BCUT2D eigenvalue weighted by Crippen LogP contribution is -2.10. The maximum atomic E-state index is 6.28. The van der Waals surface area contributed by atoms with Crippen LogP contribution in [0.2, 0.25) is 0 Å². The molecule has 0 fully saturated rings. The number of hydrogen-bond donors (Lipinski definition) is 0. The summed E-state index contributed by atoms with van der Waals surface area (Å²) in [5.74, 6) is 3.82. The highest BCUT2D eigenvalue weighted by Crippen LogP contribution is 2.37. The van der Waals surface area contributed by atoms with E-state index >= 15 is 0 Å². The number of aromatic nitrogens is 4. The molecule has 52 heavy (non-hydrogen) atoms. The minimum atomic E-state index is 0.000159. The lowest BCUT2D eigenvalue weighted by Gasteiger charge is -2.19. The summed E-state index contributed by atoms with van der Waals surface area (Å²) in [5, 5.41) is 0. The monoisotopic (exact) mass is 696 g/mol. The van der Waals surface area contributed by atoms with Gasteiger partial charge in [0.2, 0.25) is 23.5 Å². The zero-order valence-electron chi connectivity index (χ0n) is 30.5. The molecule has 7 rings (SSSR count). The quantitative estimate of drug-likeness (QED) is 0.176. The van der Waals surface area contributed by atoms with Crippen molar-refractivity contribution in [1.82, 2.24) is 19.9 Å². The van der Waals surface area contributed by atoms with Crippen LogP contribution in [0.4, 0.5) is 0 Å². The van der Waals surface area contributed by atoms with Crippen LogP contribution in [0.15, 0.2) is 97.1 Å². The van der Waals surface area contributed by atoms with E-state index in [0.29, 0.717) is 34.5 Å². The Morgan fingerprint density at radius 3 is 0.962 bits per heavy atom. The first-order valence-corrected chi connectivity index (χ1v) is 17.0. The summed E-state index contributed by atoms with van der Waals surface area (Å²) in [6, 6.07) is 29.9. The first-order valence-electron chi connectivity index (χ1n) is 17.0. The average molecular weight is 697 g/mol. The van der Waals surface area contributed by atoms with Gasteiger partial charge in [-0.1, -0.05) is 65.8 Å². The van der Waals surface area contributed by atoms with Crippen LogP contribution in [0.5, 0.6) is 70.0 Å². The summed E-state index contributed by atoms with van der Waals surface area (Å²) >= 11 is 0. The maximum absolute atomic E-state index is 6.28. The molecule has 0 saturated carbocycles. The van der Waals surface area contributed by atoms with Crippen LogP contribution >= 0.6 is 0 Å². The van der Waals surface area contributed by atoms with E-state index in [-0.39, 0.29) is 46.4 Å². The summed E-state index contributed by atoms with van der Waals surface area (Å²) in [5.41, 5.74) is 4.11. The zero-order chi connectivity index (χ0) is 36.6. The van der Waals surface area contributed by atoms with Crippen molar-refractivity contribution in [1.29, 1.82) is 0 Å². The highest BCUT2D eigenvalue weighted by molar-refractivity contribution is 5.45. The Balaban J connectivity index is 1.26. The fourth-order valence-electron chi connectivity index (χ4n) is 5.47. The molecule has 0 saturated heterocycles. The zero-order valence-corrected chi connectivity index (χ0v) is 30.5. The van der Waals surface area contributed by atoms with E-state index in [1.165, 1.54) is 11.1 Å². The van der Waals surface area contributed by atoms with Gasteiger partial charge in [-0.2, -0.15) is 19.9 Å². The second-order valence-corrected chi connectivity index (χ2v) is 14.8. The minimum Gasteiger partial charge on any atom is -0.439 e. The molecule has 0 N–H and O–H groups in total. The van der Waals surface area contributed by atoms with E-state index < -0.39 is 0 Å². The molecular weight excluding hydrogens is 656 g/mol. The Labute approximate surface area is 303 Å². The van der Waals surface area contributed by atoms with E-state index in [9.17, 15) is 0 Å². The predicted molar refractivity (Wildman–Crippen MR) is 197 cm³/mol. The average Bonchev–Trinajstić information content (AvgIpc) is 3.03. The van der Waals surface area contributed by atoms with Crippen molar-refractivity contribution in [3.05, 3.63) is 119 Å². The third-order valence-electron chi connectivity index (χ3n) is 8.11. The van der Waals surface area contributed by atoms with Crippen molar-refractivity contribution in [2.75, 3.05) is 0 Å². The van der Waals surface area contributed by atoms with Gasteiger partial charge in [0.1, 0.15) is 34.5 Å². The van der Waals surface area contributed by atoms with Gasteiger partial charge in [-0.3, -0.25) is 0 Å². The van der Waals surface area contributed by atoms with Crippen molar-refractivity contribution in [3.8, 4) is 70.0 Å². The summed E-state index contributed by atoms with van der Waals surface area (Å²) in [6.07, 6.45) is 0. The molecule has 0 atom stereocenters. The third kappa shape index (κ3) is 8.40. The molecule has 0 spiro atoms. The van der Waals surface area contributed by atoms with Gasteiger partial charge in [0.25, 0.3) is 0 Å². The summed E-state index contributed by atoms with van der Waals surface area (Å²) in [7, 11) is 0. The van der Waals surface area contributed by atoms with Crippen LogP contribution in [-0.4, -0.2) is 19.9 Å². The van der Waals surface area contributed by atoms with Crippen LogP contribution in [0, 0.1) is 13.8 Å². The normalized spacial score (nSPS) is 12.5. The van der Waals surface area contributed by atoms with Crippen molar-refractivity contribution < 1.29 is 28.4 Å². The number of aryl methyl sites for hydroxylation is 2. The van der Waals surface area contributed by atoms with Gasteiger partial charge in [-0.15, -0.1) is 0 Å². The van der Waals surface area contributed by atoms with Gasteiger partial charge < -0.3 is 28.4 Å². The first kappa shape index (κ1) is 34.3. The van der Waals surface area contributed by atoms with Crippen molar-refractivity contribution >= 4 is 0 Å². The van der Waals surface area contributed by atoms with Gasteiger partial charge in [-0.05, 0) is 95.5 Å². The molecule has 10 heteroatoms. The molecule has 4 aromatic carbocycles. The molecule has 0 unspecified atom stereocenters. The van der Waals surface area contributed by atoms with E-state index in [0.717, 1.165) is 11.1 Å². The molecule has 0 radical (unpaired) electrons. The van der Waals surface area contributed by atoms with Crippen LogP contribution in [-0.2, 0) is 10.8 Å². The van der Waals surface area contributed by atoms with Crippen molar-refractivity contribution in [2.45, 2.75) is 66.2 Å². The molecule has 3 heterocycles. The molecule has 10 nitrogen and oxygen atoms in total. The second kappa shape index (κ2) is 13.5. The van der Waals surface area contributed by atoms with Crippen LogP contribution in [0.1, 0.15) is 63.8 Å². The van der Waals surface area contributed by atoms with Gasteiger partial charge >= 0.3 is 12.0 Å². The fraction of sp³-hybridized carbons (Fsp3) is 0.238. The number of ether oxygens (including phenoxy) is 6. The highest BCUT2D eigenvalue weighted by atomic mass is 16.5. The summed E-state index contributed by atoms with van der Waals surface area (Å²) in [6.45, 7) is 16.8. The Hall–Kier alpha value is -6.16. The van der Waals surface area contributed by atoms with Crippen molar-refractivity contribution in [3.63, 3.8) is 0 Å². The predicted octanol–water partition coefficient (Wildman–Crippen LogP) is 11.5. The van der Waals surface area contributed by atoms with Crippen molar-refractivity contribution in [2.24, 2.45) is 0 Å². The summed E-state index contributed by atoms with van der Waals surface area (Å²) < 4.78 is 37.3. The Morgan fingerprint density at radius 1 is 0.404 bits per heavy atom. The SMILES string of the molecule is Cc1cc2cc(c1)Oc1cc(nc(Oc3ccc(C(C)(C)C)cc3)n1)Oc1cc(C)cc(c1)Oc1cc(nc(Oc3ccc(C(C)(C)C)cc3)n1)O2. The number of hydrogen-bond acceptors (Lipinski definition) is 10. The molecule has 6 aromatic rings. The number of fused-ring (bicyclic) bond motifs is 8. The van der Waals surface area contributed by atoms with Gasteiger partial charge in [0.05, 0.1) is 12.1 Å². The molecule has 0 aliphatic carbocycles. The minimum absolute atomic E-state index is 0.000159. The Bertz CT molecular complexity index is 2000. The molecule has 264 valence electrons. The molecule has 1 aliphatic rings. The number of rotatable bonds is 4. The summed E-state index contributed by atoms with van der Waals surface area (Å²) in [4.78, 5) is 18.2.